The normalized spacial score (nSPS) is 12.2. The summed E-state index contributed by atoms with van der Waals surface area (Å²) in [5.74, 6) is -0.845. The lowest BCUT2D eigenvalue weighted by molar-refractivity contribution is -0.167. The van der Waals surface area contributed by atoms with E-state index in [1.807, 2.05) is 0 Å². The Labute approximate surface area is 506 Å². The van der Waals surface area contributed by atoms with Crippen LogP contribution in [0.2, 0.25) is 0 Å². The Morgan fingerprint density at radius 3 is 0.716 bits per heavy atom. The van der Waals surface area contributed by atoms with Crippen molar-refractivity contribution < 1.29 is 28.6 Å². The summed E-state index contributed by atoms with van der Waals surface area (Å²) in [6.07, 6.45) is 87.7. The van der Waals surface area contributed by atoms with Crippen LogP contribution in [0, 0.1) is 0 Å². The van der Waals surface area contributed by atoms with Gasteiger partial charge in [-0.15, -0.1) is 0 Å². The van der Waals surface area contributed by atoms with Gasteiger partial charge >= 0.3 is 17.9 Å². The third-order valence-corrected chi connectivity index (χ3v) is 16.6. The van der Waals surface area contributed by atoms with Crippen molar-refractivity contribution in [1.82, 2.24) is 0 Å². The van der Waals surface area contributed by atoms with Crippen LogP contribution in [-0.2, 0) is 28.6 Å². The minimum Gasteiger partial charge on any atom is -0.462 e. The highest BCUT2D eigenvalue weighted by Crippen LogP contribution is 2.19. The number of hydrogen-bond donors (Lipinski definition) is 0. The molecule has 0 N–H and O–H groups in total. The maximum Gasteiger partial charge on any atom is 0.306 e. The molecule has 0 saturated heterocycles. The summed E-state index contributed by atoms with van der Waals surface area (Å²) >= 11 is 0. The molecule has 0 fully saturated rings. The van der Waals surface area contributed by atoms with E-state index >= 15 is 0 Å². The SMILES string of the molecule is CCCCC/C=C\C/C=C\CCCCCCCCCCCC(=O)OC(COC(=O)CCCCCCCCCCCCC)COC(=O)CCCCCCCCCCCCCCCCCCCCCCC/C=C\CCCCCCCCCC. The largest absolute Gasteiger partial charge is 0.462 e. The van der Waals surface area contributed by atoms with Crippen LogP contribution >= 0.6 is 0 Å². The standard InChI is InChI=1S/C75H140O6/c1-4-7-10-13-16-19-22-24-26-28-30-31-32-33-34-35-36-37-38-39-40-41-42-43-45-46-48-50-53-56-59-62-65-68-74(77)80-71-72(70-79-73(76)67-64-61-58-55-52-21-18-15-12-9-6-3)81-75(78)69-66-63-60-57-54-51-49-47-44-29-27-25-23-20-17-14-11-8-5-2/h17,20,25,27-28,30,72H,4-16,18-19,21-24,26,29,31-71H2,1-3H3/b20-17-,27-25-,30-28-. The van der Waals surface area contributed by atoms with E-state index in [1.54, 1.807) is 0 Å². The molecule has 0 rings (SSSR count). The van der Waals surface area contributed by atoms with Crippen LogP contribution < -0.4 is 0 Å². The fourth-order valence-electron chi connectivity index (χ4n) is 11.1. The van der Waals surface area contributed by atoms with E-state index in [4.69, 9.17) is 14.2 Å². The molecule has 6 heteroatoms. The summed E-state index contributed by atoms with van der Waals surface area (Å²) in [4.78, 5) is 38.3. The second-order valence-corrected chi connectivity index (χ2v) is 24.9. The maximum atomic E-state index is 12.9. The Balaban J connectivity index is 4.08. The van der Waals surface area contributed by atoms with Crippen LogP contribution in [-0.4, -0.2) is 37.2 Å². The van der Waals surface area contributed by atoms with Crippen LogP contribution in [0.3, 0.4) is 0 Å². The van der Waals surface area contributed by atoms with Crippen LogP contribution in [0.5, 0.6) is 0 Å². The topological polar surface area (TPSA) is 78.9 Å². The Hall–Kier alpha value is -2.37. The Morgan fingerprint density at radius 1 is 0.247 bits per heavy atom. The molecule has 6 nitrogen and oxygen atoms in total. The summed E-state index contributed by atoms with van der Waals surface area (Å²) in [7, 11) is 0. The van der Waals surface area contributed by atoms with Gasteiger partial charge in [0, 0.05) is 19.3 Å². The van der Waals surface area contributed by atoms with Gasteiger partial charge in [0.2, 0.25) is 0 Å². The highest BCUT2D eigenvalue weighted by atomic mass is 16.6. The van der Waals surface area contributed by atoms with Gasteiger partial charge in [-0.2, -0.15) is 0 Å². The van der Waals surface area contributed by atoms with Crippen molar-refractivity contribution in [2.24, 2.45) is 0 Å². The molecule has 0 radical (unpaired) electrons. The summed E-state index contributed by atoms with van der Waals surface area (Å²) in [6.45, 7) is 6.67. The van der Waals surface area contributed by atoms with Crippen LogP contribution in [0.15, 0.2) is 36.5 Å². The van der Waals surface area contributed by atoms with Crippen molar-refractivity contribution >= 4 is 17.9 Å². The lowest BCUT2D eigenvalue weighted by Gasteiger charge is -2.18. The van der Waals surface area contributed by atoms with Crippen molar-refractivity contribution in [3.05, 3.63) is 36.5 Å². The molecular weight excluding hydrogens is 997 g/mol. The minimum atomic E-state index is -0.771. The first-order chi connectivity index (χ1) is 40.0. The van der Waals surface area contributed by atoms with E-state index in [9.17, 15) is 14.4 Å². The molecule has 0 aliphatic rings. The van der Waals surface area contributed by atoms with Gasteiger partial charge in [0.05, 0.1) is 0 Å². The molecule has 476 valence electrons. The molecule has 81 heavy (non-hydrogen) atoms. The number of esters is 3. The number of ether oxygens (including phenoxy) is 3. The number of hydrogen-bond acceptors (Lipinski definition) is 6. The molecule has 0 spiro atoms. The van der Waals surface area contributed by atoms with Crippen LogP contribution in [0.1, 0.15) is 406 Å². The summed E-state index contributed by atoms with van der Waals surface area (Å²) in [5.41, 5.74) is 0. The van der Waals surface area contributed by atoms with Gasteiger partial charge in [-0.05, 0) is 77.0 Å². The van der Waals surface area contributed by atoms with Crippen molar-refractivity contribution in [3.8, 4) is 0 Å². The van der Waals surface area contributed by atoms with Gasteiger partial charge in [0.1, 0.15) is 13.2 Å². The maximum absolute atomic E-state index is 12.9. The lowest BCUT2D eigenvalue weighted by atomic mass is 10.0. The molecular formula is C75H140O6. The Morgan fingerprint density at radius 2 is 0.444 bits per heavy atom. The van der Waals surface area contributed by atoms with E-state index < -0.39 is 6.10 Å². The molecule has 0 aromatic heterocycles. The van der Waals surface area contributed by atoms with E-state index in [-0.39, 0.29) is 31.1 Å². The number of allylic oxidation sites excluding steroid dienone is 6. The molecule has 1 atom stereocenters. The molecule has 0 aromatic carbocycles. The molecule has 0 saturated carbocycles. The fourth-order valence-corrected chi connectivity index (χ4v) is 11.1. The molecule has 0 heterocycles. The third kappa shape index (κ3) is 68.3. The zero-order valence-electron chi connectivity index (χ0n) is 54.8. The average molecular weight is 1140 g/mol. The van der Waals surface area contributed by atoms with Gasteiger partial charge in [0.15, 0.2) is 6.10 Å². The molecule has 0 aromatic rings. The van der Waals surface area contributed by atoms with Gasteiger partial charge in [0.25, 0.3) is 0 Å². The van der Waals surface area contributed by atoms with E-state index in [0.717, 1.165) is 64.2 Å². The number of carbonyl (C=O) groups excluding carboxylic acids is 3. The van der Waals surface area contributed by atoms with E-state index in [1.165, 1.54) is 302 Å². The quantitative estimate of drug-likeness (QED) is 0.0261. The Kier molecular flexibility index (Phi) is 68.1. The fraction of sp³-hybridized carbons (Fsp3) is 0.880. The zero-order valence-corrected chi connectivity index (χ0v) is 54.8. The van der Waals surface area contributed by atoms with Crippen molar-refractivity contribution in [2.75, 3.05) is 13.2 Å². The predicted octanol–water partition coefficient (Wildman–Crippen LogP) is 25.1. The molecule has 0 aliphatic heterocycles. The minimum absolute atomic E-state index is 0.0680. The highest BCUT2D eigenvalue weighted by Gasteiger charge is 2.19. The smallest absolute Gasteiger partial charge is 0.306 e. The summed E-state index contributed by atoms with van der Waals surface area (Å²) in [6, 6.07) is 0. The highest BCUT2D eigenvalue weighted by molar-refractivity contribution is 5.71. The van der Waals surface area contributed by atoms with Crippen molar-refractivity contribution in [1.29, 1.82) is 0 Å². The average Bonchev–Trinajstić information content (AvgIpc) is 3.47. The van der Waals surface area contributed by atoms with E-state index in [0.29, 0.717) is 19.3 Å². The molecule has 1 unspecified atom stereocenters. The summed E-state index contributed by atoms with van der Waals surface area (Å²) < 4.78 is 17.0. The molecule has 0 aliphatic carbocycles. The van der Waals surface area contributed by atoms with Crippen molar-refractivity contribution in [2.45, 2.75) is 412 Å². The van der Waals surface area contributed by atoms with Crippen molar-refractivity contribution in [3.63, 3.8) is 0 Å². The number of rotatable bonds is 68. The summed E-state index contributed by atoms with van der Waals surface area (Å²) in [5, 5.41) is 0. The first-order valence-electron chi connectivity index (χ1n) is 36.5. The Bertz CT molecular complexity index is 1350. The molecule has 0 amide bonds. The first-order valence-corrected chi connectivity index (χ1v) is 36.5. The van der Waals surface area contributed by atoms with Gasteiger partial charge in [-0.3, -0.25) is 14.4 Å². The van der Waals surface area contributed by atoms with E-state index in [2.05, 4.69) is 57.2 Å². The van der Waals surface area contributed by atoms with Gasteiger partial charge in [-0.25, -0.2) is 0 Å². The number of unbranched alkanes of at least 4 members (excludes halogenated alkanes) is 51. The monoisotopic (exact) mass is 1140 g/mol. The predicted molar refractivity (Wildman–Crippen MR) is 353 cm³/mol. The first kappa shape index (κ1) is 78.6. The van der Waals surface area contributed by atoms with Gasteiger partial charge < -0.3 is 14.2 Å². The zero-order chi connectivity index (χ0) is 58.5. The van der Waals surface area contributed by atoms with Gasteiger partial charge in [-0.1, -0.05) is 346 Å². The van der Waals surface area contributed by atoms with Crippen LogP contribution in [0.25, 0.3) is 0 Å². The lowest BCUT2D eigenvalue weighted by Crippen LogP contribution is -2.30. The second kappa shape index (κ2) is 70.1. The third-order valence-electron chi connectivity index (χ3n) is 16.6. The number of carbonyl (C=O) groups is 3. The molecule has 0 bridgehead atoms. The van der Waals surface area contributed by atoms with Crippen LogP contribution in [0.4, 0.5) is 0 Å². The second-order valence-electron chi connectivity index (χ2n) is 24.9.